The highest BCUT2D eigenvalue weighted by molar-refractivity contribution is 7.89. The van der Waals surface area contributed by atoms with E-state index in [4.69, 9.17) is 16.3 Å². The zero-order valence-electron chi connectivity index (χ0n) is 16.1. The van der Waals surface area contributed by atoms with E-state index in [1.165, 1.54) is 29.9 Å². The summed E-state index contributed by atoms with van der Waals surface area (Å²) < 4.78 is 35.4. The van der Waals surface area contributed by atoms with Crippen LogP contribution in [0.15, 0.2) is 59.6 Å². The highest BCUT2D eigenvalue weighted by atomic mass is 35.5. The van der Waals surface area contributed by atoms with Crippen molar-refractivity contribution in [2.24, 2.45) is 0 Å². The summed E-state index contributed by atoms with van der Waals surface area (Å²) in [4.78, 5) is 0.0233. The first-order valence-corrected chi connectivity index (χ1v) is 10.7. The number of hydrogen-bond acceptors (Lipinski definition) is 3. The van der Waals surface area contributed by atoms with Crippen molar-refractivity contribution in [3.05, 3.63) is 82.1 Å². The van der Waals surface area contributed by atoms with Crippen molar-refractivity contribution >= 4 is 21.6 Å². The average molecular weight is 419 g/mol. The molecule has 0 unspecified atom stereocenters. The fourth-order valence-electron chi connectivity index (χ4n) is 3.03. The molecule has 0 aliphatic carbocycles. The van der Waals surface area contributed by atoms with E-state index >= 15 is 0 Å². The van der Waals surface area contributed by atoms with E-state index < -0.39 is 10.0 Å². The predicted octanol–water partition coefficient (Wildman–Crippen LogP) is 4.29. The summed E-state index contributed by atoms with van der Waals surface area (Å²) in [6.07, 6.45) is 1.95. The van der Waals surface area contributed by atoms with Crippen molar-refractivity contribution in [1.29, 1.82) is 0 Å². The van der Waals surface area contributed by atoms with E-state index in [1.807, 2.05) is 22.9 Å². The minimum Gasteiger partial charge on any atom is -0.495 e. The Kier molecular flexibility index (Phi) is 6.13. The molecule has 1 aromatic heterocycles. The van der Waals surface area contributed by atoms with Crippen molar-refractivity contribution in [2.45, 2.75) is 31.8 Å². The van der Waals surface area contributed by atoms with E-state index in [0.29, 0.717) is 11.6 Å². The van der Waals surface area contributed by atoms with Crippen molar-refractivity contribution in [2.75, 3.05) is 7.11 Å². The van der Waals surface area contributed by atoms with Crippen molar-refractivity contribution in [3.63, 3.8) is 0 Å². The molecule has 0 atom stereocenters. The van der Waals surface area contributed by atoms with Gasteiger partial charge in [-0.15, -0.1) is 0 Å². The van der Waals surface area contributed by atoms with Crippen LogP contribution in [0.3, 0.4) is 0 Å². The standard InChI is InChI=1S/C21H23ClN2O3S/c1-15-6-7-16(2)17(11-15)14-24-10-4-5-19(24)13-23-28(25,26)21-12-18(22)8-9-20(21)27-3/h4-12,23H,13-14H2,1-3H3. The van der Waals surface area contributed by atoms with Gasteiger partial charge in [0.1, 0.15) is 10.6 Å². The van der Waals surface area contributed by atoms with E-state index in [2.05, 4.69) is 36.8 Å². The van der Waals surface area contributed by atoms with Gasteiger partial charge in [0.05, 0.1) is 13.7 Å². The zero-order valence-corrected chi connectivity index (χ0v) is 17.6. The molecule has 0 amide bonds. The molecule has 5 nitrogen and oxygen atoms in total. The summed E-state index contributed by atoms with van der Waals surface area (Å²) in [5, 5.41) is 0.333. The molecule has 148 valence electrons. The summed E-state index contributed by atoms with van der Waals surface area (Å²) in [5.41, 5.74) is 4.47. The maximum atomic E-state index is 12.8. The smallest absolute Gasteiger partial charge is 0.244 e. The maximum Gasteiger partial charge on any atom is 0.244 e. The molecule has 0 saturated carbocycles. The number of methoxy groups -OCH3 is 1. The molecule has 0 fully saturated rings. The first-order chi connectivity index (χ1) is 13.3. The molecule has 0 bridgehead atoms. The van der Waals surface area contributed by atoms with Crippen LogP contribution in [-0.2, 0) is 23.1 Å². The molecule has 0 aliphatic heterocycles. The van der Waals surface area contributed by atoms with E-state index in [0.717, 1.165) is 5.69 Å². The number of benzene rings is 2. The highest BCUT2D eigenvalue weighted by Gasteiger charge is 2.20. The number of aryl methyl sites for hydroxylation is 2. The molecule has 3 aromatic rings. The van der Waals surface area contributed by atoms with E-state index in [-0.39, 0.29) is 17.2 Å². The fourth-order valence-corrected chi connectivity index (χ4v) is 4.45. The Morgan fingerprint density at radius 3 is 2.64 bits per heavy atom. The first-order valence-electron chi connectivity index (χ1n) is 8.83. The molecule has 0 aliphatic rings. The molecule has 1 N–H and O–H groups in total. The maximum absolute atomic E-state index is 12.8. The number of rotatable bonds is 7. The second kappa shape index (κ2) is 8.39. The normalized spacial score (nSPS) is 11.6. The SMILES string of the molecule is COc1ccc(Cl)cc1S(=O)(=O)NCc1cccn1Cc1cc(C)ccc1C. The number of sulfonamides is 1. The molecule has 0 spiro atoms. The Labute approximate surface area is 171 Å². The Balaban J connectivity index is 1.80. The minimum atomic E-state index is -3.78. The number of nitrogens with one attached hydrogen (secondary N) is 1. The minimum absolute atomic E-state index is 0.0233. The third-order valence-electron chi connectivity index (χ3n) is 4.63. The largest absolute Gasteiger partial charge is 0.495 e. The number of halogens is 1. The Bertz CT molecular complexity index is 1090. The number of nitrogens with zero attached hydrogens (tertiary/aromatic N) is 1. The Hall–Kier alpha value is -2.28. The summed E-state index contributed by atoms with van der Waals surface area (Å²) >= 11 is 5.97. The van der Waals surface area contributed by atoms with Gasteiger partial charge in [0.25, 0.3) is 0 Å². The number of ether oxygens (including phenoxy) is 1. The molecule has 7 heteroatoms. The van der Waals surface area contributed by atoms with Crippen molar-refractivity contribution in [3.8, 4) is 5.75 Å². The van der Waals surface area contributed by atoms with Crippen LogP contribution in [0.5, 0.6) is 5.75 Å². The Morgan fingerprint density at radius 2 is 1.89 bits per heavy atom. The van der Waals surface area contributed by atoms with Crippen LogP contribution in [0.25, 0.3) is 0 Å². The molecule has 2 aromatic carbocycles. The average Bonchev–Trinajstić information content (AvgIpc) is 3.10. The van der Waals surface area contributed by atoms with E-state index in [9.17, 15) is 8.42 Å². The molecule has 0 radical (unpaired) electrons. The second-order valence-electron chi connectivity index (χ2n) is 6.68. The second-order valence-corrected chi connectivity index (χ2v) is 8.85. The van der Waals surface area contributed by atoms with Gasteiger partial charge in [0.15, 0.2) is 0 Å². The molecule has 1 heterocycles. The lowest BCUT2D eigenvalue weighted by Crippen LogP contribution is -2.25. The van der Waals surface area contributed by atoms with Gasteiger partial charge in [-0.3, -0.25) is 0 Å². The fraction of sp³-hybridized carbons (Fsp3) is 0.238. The lowest BCUT2D eigenvalue weighted by molar-refractivity contribution is 0.402. The lowest BCUT2D eigenvalue weighted by Gasteiger charge is -2.14. The van der Waals surface area contributed by atoms with Gasteiger partial charge in [0, 0.05) is 23.5 Å². The van der Waals surface area contributed by atoms with Crippen LogP contribution in [0.2, 0.25) is 5.02 Å². The molecular weight excluding hydrogens is 396 g/mol. The third-order valence-corrected chi connectivity index (χ3v) is 6.28. The van der Waals surface area contributed by atoms with Gasteiger partial charge in [-0.05, 0) is 55.3 Å². The van der Waals surface area contributed by atoms with Crippen molar-refractivity contribution in [1.82, 2.24) is 9.29 Å². The van der Waals surface area contributed by atoms with Crippen LogP contribution in [0.1, 0.15) is 22.4 Å². The van der Waals surface area contributed by atoms with Crippen LogP contribution in [0.4, 0.5) is 0 Å². The molecule has 0 saturated heterocycles. The van der Waals surface area contributed by atoms with E-state index in [1.54, 1.807) is 12.1 Å². The number of hydrogen-bond donors (Lipinski definition) is 1. The first kappa shape index (κ1) is 20.5. The van der Waals surface area contributed by atoms with Gasteiger partial charge in [-0.25, -0.2) is 13.1 Å². The zero-order chi connectivity index (χ0) is 20.3. The van der Waals surface area contributed by atoms with Crippen LogP contribution in [-0.4, -0.2) is 20.1 Å². The van der Waals surface area contributed by atoms with Gasteiger partial charge in [0.2, 0.25) is 10.0 Å². The van der Waals surface area contributed by atoms with Gasteiger partial charge in [-0.2, -0.15) is 0 Å². The van der Waals surface area contributed by atoms with Crippen LogP contribution >= 0.6 is 11.6 Å². The van der Waals surface area contributed by atoms with Gasteiger partial charge in [-0.1, -0.05) is 35.4 Å². The van der Waals surface area contributed by atoms with Gasteiger partial charge >= 0.3 is 0 Å². The third kappa shape index (κ3) is 4.58. The summed E-state index contributed by atoms with van der Waals surface area (Å²) in [7, 11) is -2.35. The number of aromatic nitrogens is 1. The molecular formula is C21H23ClN2O3S. The highest BCUT2D eigenvalue weighted by Crippen LogP contribution is 2.27. The van der Waals surface area contributed by atoms with Crippen LogP contribution < -0.4 is 9.46 Å². The monoisotopic (exact) mass is 418 g/mol. The summed E-state index contributed by atoms with van der Waals surface area (Å²) in [6, 6.07) is 14.7. The Morgan fingerprint density at radius 1 is 1.11 bits per heavy atom. The van der Waals surface area contributed by atoms with Crippen molar-refractivity contribution < 1.29 is 13.2 Å². The molecule has 28 heavy (non-hydrogen) atoms. The quantitative estimate of drug-likeness (QED) is 0.622. The summed E-state index contributed by atoms with van der Waals surface area (Å²) in [5.74, 6) is 0.252. The van der Waals surface area contributed by atoms with Crippen LogP contribution in [0, 0.1) is 13.8 Å². The topological polar surface area (TPSA) is 60.3 Å². The van der Waals surface area contributed by atoms with Gasteiger partial charge < -0.3 is 9.30 Å². The lowest BCUT2D eigenvalue weighted by atomic mass is 10.1. The predicted molar refractivity (Wildman–Crippen MR) is 111 cm³/mol. The summed E-state index contributed by atoms with van der Waals surface area (Å²) in [6.45, 7) is 4.98. The molecule has 3 rings (SSSR count).